The van der Waals surface area contributed by atoms with E-state index in [2.05, 4.69) is 31.3 Å². The van der Waals surface area contributed by atoms with E-state index in [0.717, 1.165) is 11.8 Å². The number of rotatable bonds is 2. The highest BCUT2D eigenvalue weighted by Gasteiger charge is 2.46. The molecule has 3 unspecified atom stereocenters. The number of hydrogen-bond donors (Lipinski definition) is 1. The molecule has 2 rings (SSSR count). The van der Waals surface area contributed by atoms with E-state index in [1.165, 1.54) is 13.0 Å². The topological polar surface area (TPSA) is 12.0 Å². The van der Waals surface area contributed by atoms with Gasteiger partial charge >= 0.3 is 0 Å². The SMILES string of the molecule is CC(C)/C=C/C1NCC2CC21. The predicted octanol–water partition coefficient (Wildman–Crippen LogP) is 1.81. The highest BCUT2D eigenvalue weighted by atomic mass is 15.0. The third kappa shape index (κ3) is 1.48. The second-order valence-electron chi connectivity index (χ2n) is 4.22. The van der Waals surface area contributed by atoms with E-state index in [9.17, 15) is 0 Å². The average molecular weight is 151 g/mol. The molecule has 1 aliphatic heterocycles. The Balaban J connectivity index is 1.86. The molecule has 2 aliphatic rings. The molecule has 1 nitrogen and oxygen atoms in total. The second-order valence-corrected chi connectivity index (χ2v) is 4.22. The molecule has 0 aromatic rings. The van der Waals surface area contributed by atoms with Crippen LogP contribution in [-0.2, 0) is 0 Å². The van der Waals surface area contributed by atoms with Gasteiger partial charge in [0, 0.05) is 6.04 Å². The molecule has 0 spiro atoms. The summed E-state index contributed by atoms with van der Waals surface area (Å²) in [5.41, 5.74) is 0. The third-order valence-corrected chi connectivity index (χ3v) is 2.76. The Hall–Kier alpha value is -0.300. The number of nitrogens with one attached hydrogen (secondary N) is 1. The van der Waals surface area contributed by atoms with Gasteiger partial charge in [0.15, 0.2) is 0 Å². The maximum Gasteiger partial charge on any atom is 0.0281 e. The Morgan fingerprint density at radius 2 is 2.27 bits per heavy atom. The summed E-state index contributed by atoms with van der Waals surface area (Å²) in [5, 5.41) is 3.52. The Labute approximate surface area is 68.9 Å². The maximum absolute atomic E-state index is 3.52. The summed E-state index contributed by atoms with van der Waals surface area (Å²) >= 11 is 0. The summed E-state index contributed by atoms with van der Waals surface area (Å²) in [6, 6.07) is 0.711. The van der Waals surface area contributed by atoms with E-state index >= 15 is 0 Å². The van der Waals surface area contributed by atoms with Gasteiger partial charge in [-0.1, -0.05) is 26.0 Å². The fourth-order valence-electron chi connectivity index (χ4n) is 1.94. The largest absolute Gasteiger partial charge is 0.310 e. The smallest absolute Gasteiger partial charge is 0.0281 e. The standard InChI is InChI=1S/C10H17N/c1-7(2)3-4-10-9-5-8(9)6-11-10/h3-4,7-11H,5-6H2,1-2H3/b4-3+. The molecule has 0 aromatic heterocycles. The summed E-state index contributed by atoms with van der Waals surface area (Å²) in [4.78, 5) is 0. The van der Waals surface area contributed by atoms with E-state index in [1.807, 2.05) is 0 Å². The van der Waals surface area contributed by atoms with Crippen LogP contribution in [0.5, 0.6) is 0 Å². The van der Waals surface area contributed by atoms with Crippen LogP contribution in [0.3, 0.4) is 0 Å². The van der Waals surface area contributed by atoms with Crippen LogP contribution in [0.2, 0.25) is 0 Å². The van der Waals surface area contributed by atoms with Crippen LogP contribution in [0.25, 0.3) is 0 Å². The molecule has 3 atom stereocenters. The van der Waals surface area contributed by atoms with Crippen molar-refractivity contribution in [2.45, 2.75) is 26.3 Å². The lowest BCUT2D eigenvalue weighted by Gasteiger charge is -2.07. The number of hydrogen-bond acceptors (Lipinski definition) is 1. The summed E-state index contributed by atoms with van der Waals surface area (Å²) in [6.07, 6.45) is 6.15. The van der Waals surface area contributed by atoms with Crippen molar-refractivity contribution in [3.8, 4) is 0 Å². The lowest BCUT2D eigenvalue weighted by Crippen LogP contribution is -2.23. The highest BCUT2D eigenvalue weighted by molar-refractivity contribution is 5.11. The zero-order valence-electron chi connectivity index (χ0n) is 7.38. The second kappa shape index (κ2) is 2.63. The van der Waals surface area contributed by atoms with Crippen molar-refractivity contribution in [1.82, 2.24) is 5.32 Å². The van der Waals surface area contributed by atoms with Gasteiger partial charge in [-0.25, -0.2) is 0 Å². The zero-order chi connectivity index (χ0) is 7.84. The van der Waals surface area contributed by atoms with Crippen molar-refractivity contribution in [1.29, 1.82) is 0 Å². The highest BCUT2D eigenvalue weighted by Crippen LogP contribution is 2.45. The van der Waals surface area contributed by atoms with E-state index < -0.39 is 0 Å². The first-order valence-electron chi connectivity index (χ1n) is 4.69. The molecule has 1 saturated heterocycles. The molecule has 11 heavy (non-hydrogen) atoms. The van der Waals surface area contributed by atoms with Crippen LogP contribution < -0.4 is 5.32 Å². The van der Waals surface area contributed by atoms with Gasteiger partial charge in [-0.2, -0.15) is 0 Å². The van der Waals surface area contributed by atoms with E-state index in [4.69, 9.17) is 0 Å². The molecule has 0 radical (unpaired) electrons. The maximum atomic E-state index is 3.52. The number of fused-ring (bicyclic) bond motifs is 1. The van der Waals surface area contributed by atoms with Crippen LogP contribution in [0.4, 0.5) is 0 Å². The molecular weight excluding hydrogens is 134 g/mol. The molecule has 2 fully saturated rings. The summed E-state index contributed by atoms with van der Waals surface area (Å²) in [5.74, 6) is 2.72. The summed E-state index contributed by atoms with van der Waals surface area (Å²) < 4.78 is 0. The number of piperidine rings is 1. The third-order valence-electron chi connectivity index (χ3n) is 2.76. The molecule has 1 N–H and O–H groups in total. The van der Waals surface area contributed by atoms with Gasteiger partial charge in [0.05, 0.1) is 0 Å². The van der Waals surface area contributed by atoms with Crippen molar-refractivity contribution >= 4 is 0 Å². The molecule has 1 heterocycles. The zero-order valence-corrected chi connectivity index (χ0v) is 7.38. The molecule has 1 heteroatoms. The first kappa shape index (κ1) is 7.35. The van der Waals surface area contributed by atoms with Crippen molar-refractivity contribution < 1.29 is 0 Å². The van der Waals surface area contributed by atoms with Crippen molar-refractivity contribution in [3.63, 3.8) is 0 Å². The molecule has 1 aliphatic carbocycles. The predicted molar refractivity (Wildman–Crippen MR) is 47.4 cm³/mol. The lowest BCUT2D eigenvalue weighted by molar-refractivity contribution is 0.624. The average Bonchev–Trinajstić information content (AvgIpc) is 2.62. The first-order chi connectivity index (χ1) is 5.27. The van der Waals surface area contributed by atoms with Crippen molar-refractivity contribution in [2.75, 3.05) is 6.54 Å². The first-order valence-corrected chi connectivity index (χ1v) is 4.69. The molecule has 0 bridgehead atoms. The molecule has 0 amide bonds. The van der Waals surface area contributed by atoms with Gasteiger partial charge in [0.25, 0.3) is 0 Å². The fourth-order valence-corrected chi connectivity index (χ4v) is 1.94. The van der Waals surface area contributed by atoms with E-state index in [-0.39, 0.29) is 0 Å². The Morgan fingerprint density at radius 1 is 1.45 bits per heavy atom. The molecular formula is C10H17N. The lowest BCUT2D eigenvalue weighted by atomic mass is 10.1. The molecule has 1 saturated carbocycles. The van der Waals surface area contributed by atoms with Crippen molar-refractivity contribution in [3.05, 3.63) is 12.2 Å². The fraction of sp³-hybridized carbons (Fsp3) is 0.800. The molecule has 0 aromatic carbocycles. The quantitative estimate of drug-likeness (QED) is 0.593. The summed E-state index contributed by atoms with van der Waals surface area (Å²) in [7, 11) is 0. The van der Waals surface area contributed by atoms with Crippen LogP contribution in [0.15, 0.2) is 12.2 Å². The van der Waals surface area contributed by atoms with Crippen LogP contribution in [0, 0.1) is 17.8 Å². The normalized spacial score (nSPS) is 41.9. The van der Waals surface area contributed by atoms with Gasteiger partial charge in [-0.05, 0) is 30.7 Å². The van der Waals surface area contributed by atoms with Crippen molar-refractivity contribution in [2.24, 2.45) is 17.8 Å². The minimum absolute atomic E-state index is 0.703. The minimum atomic E-state index is 0.703. The molecule has 62 valence electrons. The van der Waals surface area contributed by atoms with Gasteiger partial charge < -0.3 is 5.32 Å². The Bertz CT molecular complexity index is 172. The van der Waals surface area contributed by atoms with Crippen LogP contribution >= 0.6 is 0 Å². The monoisotopic (exact) mass is 151 g/mol. The van der Waals surface area contributed by atoms with Crippen LogP contribution in [0.1, 0.15) is 20.3 Å². The van der Waals surface area contributed by atoms with E-state index in [1.54, 1.807) is 0 Å². The van der Waals surface area contributed by atoms with Gasteiger partial charge in [0.2, 0.25) is 0 Å². The van der Waals surface area contributed by atoms with Crippen LogP contribution in [-0.4, -0.2) is 12.6 Å². The Morgan fingerprint density at radius 3 is 2.73 bits per heavy atom. The van der Waals surface area contributed by atoms with Gasteiger partial charge in [0.1, 0.15) is 0 Å². The van der Waals surface area contributed by atoms with E-state index in [0.29, 0.717) is 12.0 Å². The van der Waals surface area contributed by atoms with Gasteiger partial charge in [-0.15, -0.1) is 0 Å². The Kier molecular flexibility index (Phi) is 1.76. The minimum Gasteiger partial charge on any atom is -0.310 e. The number of allylic oxidation sites excluding steroid dienone is 1. The summed E-state index contributed by atoms with van der Waals surface area (Å²) in [6.45, 7) is 5.73. The van der Waals surface area contributed by atoms with Gasteiger partial charge in [-0.3, -0.25) is 0 Å².